The predicted octanol–water partition coefficient (Wildman–Crippen LogP) is 4.17. The summed E-state index contributed by atoms with van der Waals surface area (Å²) in [7, 11) is 3.98. The number of benzene rings is 2. The number of halogens is 1. The molecule has 3 aromatic heterocycles. The van der Waals surface area contributed by atoms with Crippen LogP contribution >= 0.6 is 0 Å². The summed E-state index contributed by atoms with van der Waals surface area (Å²) in [4.78, 5) is 14.2. The minimum atomic E-state index is -0.325. The molecule has 0 atom stereocenters. The number of hydrogen-bond donors (Lipinski definition) is 2. The average Bonchev–Trinajstić information content (AvgIpc) is 3.30. The molecule has 0 saturated carbocycles. The fraction of sp³-hybridized carbons (Fsp3) is 0.136. The van der Waals surface area contributed by atoms with Gasteiger partial charge < -0.3 is 9.88 Å². The standard InChI is InChI=1S/C22H18FN6.Re/c1-29(2)12-13-7-14(11-24-10-13)15-8-16-20(9-17(15)23)27-28-21(16)22-25-18-5-3-4-6-19(18)26-22;/h3-5,7-11H,12H2,1-2H3,(H,25,26)(H,27,28);/q-1;. The van der Waals surface area contributed by atoms with Crippen molar-refractivity contribution in [3.8, 4) is 22.6 Å². The Bertz CT molecular complexity index is 1310. The molecule has 0 unspecified atom stereocenters. The Morgan fingerprint density at radius 3 is 2.83 bits per heavy atom. The Balaban J connectivity index is 0.00000218. The molecule has 5 aromatic rings. The predicted molar refractivity (Wildman–Crippen MR) is 111 cm³/mol. The number of imidazole rings is 1. The van der Waals surface area contributed by atoms with Crippen LogP contribution in [0.25, 0.3) is 44.6 Å². The molecule has 0 fully saturated rings. The van der Waals surface area contributed by atoms with Crippen molar-refractivity contribution < 1.29 is 24.8 Å². The van der Waals surface area contributed by atoms with Crippen molar-refractivity contribution in [1.82, 2.24) is 30.0 Å². The number of aromatic amines is 2. The summed E-state index contributed by atoms with van der Waals surface area (Å²) in [6, 6.07) is 14.0. The summed E-state index contributed by atoms with van der Waals surface area (Å²) < 4.78 is 14.9. The van der Waals surface area contributed by atoms with E-state index in [4.69, 9.17) is 0 Å². The van der Waals surface area contributed by atoms with Gasteiger partial charge in [-0.3, -0.25) is 15.1 Å². The normalized spacial score (nSPS) is 11.3. The number of para-hydroxylation sites is 1. The molecular weight excluding hydrogens is 553 g/mol. The fourth-order valence-electron chi connectivity index (χ4n) is 3.53. The van der Waals surface area contributed by atoms with Gasteiger partial charge in [0.2, 0.25) is 0 Å². The van der Waals surface area contributed by atoms with Gasteiger partial charge in [-0.2, -0.15) is 23.3 Å². The Labute approximate surface area is 186 Å². The zero-order valence-electron chi connectivity index (χ0n) is 16.4. The summed E-state index contributed by atoms with van der Waals surface area (Å²) >= 11 is 0. The monoisotopic (exact) mass is 572 g/mol. The van der Waals surface area contributed by atoms with E-state index in [1.165, 1.54) is 6.07 Å². The van der Waals surface area contributed by atoms with Gasteiger partial charge in [0, 0.05) is 61.9 Å². The van der Waals surface area contributed by atoms with Crippen molar-refractivity contribution in [2.24, 2.45) is 0 Å². The van der Waals surface area contributed by atoms with E-state index in [0.29, 0.717) is 22.6 Å². The molecular formula is C22H18FN6Re-. The van der Waals surface area contributed by atoms with E-state index in [9.17, 15) is 4.39 Å². The molecule has 0 amide bonds. The van der Waals surface area contributed by atoms with Crippen LogP contribution in [0.1, 0.15) is 5.56 Å². The number of aromatic nitrogens is 5. The molecule has 0 aliphatic heterocycles. The van der Waals surface area contributed by atoms with Crippen LogP contribution in [0.2, 0.25) is 0 Å². The maximum atomic E-state index is 14.9. The second-order valence-corrected chi connectivity index (χ2v) is 7.29. The zero-order valence-corrected chi connectivity index (χ0v) is 19.1. The maximum absolute atomic E-state index is 14.9. The molecule has 151 valence electrons. The number of hydrogen-bond acceptors (Lipinski definition) is 4. The number of fused-ring (bicyclic) bond motifs is 2. The first-order valence-electron chi connectivity index (χ1n) is 9.22. The maximum Gasteiger partial charge on any atom is 0.145 e. The van der Waals surface area contributed by atoms with Crippen LogP contribution in [0, 0.1) is 11.9 Å². The van der Waals surface area contributed by atoms with Gasteiger partial charge >= 0.3 is 0 Å². The number of nitrogens with zero attached hydrogens (tertiary/aromatic N) is 4. The average molecular weight is 572 g/mol. The Hall–Kier alpha value is -2.92. The van der Waals surface area contributed by atoms with Gasteiger partial charge in [0.05, 0.1) is 5.52 Å². The summed E-state index contributed by atoms with van der Waals surface area (Å²) in [5.74, 6) is 0.292. The fourth-order valence-corrected chi connectivity index (χ4v) is 3.53. The summed E-state index contributed by atoms with van der Waals surface area (Å²) in [5, 5.41) is 8.07. The van der Waals surface area contributed by atoms with E-state index in [1.807, 2.05) is 43.3 Å². The van der Waals surface area contributed by atoms with Crippen LogP contribution < -0.4 is 0 Å². The Morgan fingerprint density at radius 2 is 2.03 bits per heavy atom. The molecule has 2 aromatic carbocycles. The Kier molecular flexibility index (Phi) is 5.48. The summed E-state index contributed by atoms with van der Waals surface area (Å²) in [6.07, 6.45) is 3.48. The van der Waals surface area contributed by atoms with E-state index in [-0.39, 0.29) is 26.2 Å². The van der Waals surface area contributed by atoms with Crippen molar-refractivity contribution in [2.45, 2.75) is 6.54 Å². The summed E-state index contributed by atoms with van der Waals surface area (Å²) in [5.41, 5.74) is 5.10. The van der Waals surface area contributed by atoms with Gasteiger partial charge in [0.15, 0.2) is 0 Å². The van der Waals surface area contributed by atoms with Gasteiger partial charge in [-0.1, -0.05) is 0 Å². The summed E-state index contributed by atoms with van der Waals surface area (Å²) in [6.45, 7) is 0.733. The van der Waals surface area contributed by atoms with Crippen molar-refractivity contribution in [1.29, 1.82) is 0 Å². The van der Waals surface area contributed by atoms with Gasteiger partial charge in [-0.25, -0.2) is 4.39 Å². The van der Waals surface area contributed by atoms with Crippen molar-refractivity contribution >= 4 is 21.9 Å². The van der Waals surface area contributed by atoms with Gasteiger partial charge in [-0.05, 0) is 42.8 Å². The van der Waals surface area contributed by atoms with Crippen LogP contribution in [-0.4, -0.2) is 44.1 Å². The van der Waals surface area contributed by atoms with E-state index < -0.39 is 0 Å². The van der Waals surface area contributed by atoms with Crippen molar-refractivity contribution in [2.75, 3.05) is 14.1 Å². The van der Waals surface area contributed by atoms with Crippen LogP contribution in [0.5, 0.6) is 0 Å². The molecule has 6 nitrogen and oxygen atoms in total. The number of pyridine rings is 1. The smallest absolute Gasteiger partial charge is 0.145 e. The zero-order chi connectivity index (χ0) is 20.0. The number of rotatable bonds is 4. The van der Waals surface area contributed by atoms with Gasteiger partial charge in [0.1, 0.15) is 17.3 Å². The van der Waals surface area contributed by atoms with Crippen molar-refractivity contribution in [3.05, 3.63) is 66.2 Å². The van der Waals surface area contributed by atoms with E-state index in [2.05, 4.69) is 31.2 Å². The molecule has 1 radical (unpaired) electrons. The van der Waals surface area contributed by atoms with Gasteiger partial charge in [0.25, 0.3) is 0 Å². The molecule has 30 heavy (non-hydrogen) atoms. The second kappa shape index (κ2) is 8.07. The van der Waals surface area contributed by atoms with Crippen LogP contribution in [0.4, 0.5) is 4.39 Å². The van der Waals surface area contributed by atoms with E-state index >= 15 is 0 Å². The molecule has 8 heteroatoms. The second-order valence-electron chi connectivity index (χ2n) is 7.29. The van der Waals surface area contributed by atoms with Crippen molar-refractivity contribution in [3.63, 3.8) is 0 Å². The molecule has 3 heterocycles. The van der Waals surface area contributed by atoms with E-state index in [1.54, 1.807) is 18.5 Å². The Morgan fingerprint density at radius 1 is 1.17 bits per heavy atom. The van der Waals surface area contributed by atoms with Crippen LogP contribution in [-0.2, 0) is 27.0 Å². The molecule has 2 N–H and O–H groups in total. The van der Waals surface area contributed by atoms with Gasteiger partial charge in [-0.15, -0.1) is 6.07 Å². The first kappa shape index (κ1) is 20.4. The quantitative estimate of drug-likeness (QED) is 0.318. The van der Waals surface area contributed by atoms with Crippen LogP contribution in [0.15, 0.2) is 48.8 Å². The molecule has 0 spiro atoms. The largest absolute Gasteiger partial charge is 0.361 e. The van der Waals surface area contributed by atoms with Crippen LogP contribution in [0.3, 0.4) is 0 Å². The first-order chi connectivity index (χ1) is 14.1. The minimum absolute atomic E-state index is 0. The number of nitrogens with one attached hydrogen (secondary N) is 2. The third-order valence-corrected chi connectivity index (χ3v) is 4.79. The molecule has 0 saturated heterocycles. The molecule has 5 rings (SSSR count). The van der Waals surface area contributed by atoms with E-state index in [0.717, 1.165) is 34.1 Å². The minimum Gasteiger partial charge on any atom is -0.361 e. The topological polar surface area (TPSA) is 73.5 Å². The first-order valence-corrected chi connectivity index (χ1v) is 9.22. The number of H-pyrrole nitrogens is 2. The third-order valence-electron chi connectivity index (χ3n) is 4.79. The SMILES string of the molecule is CN(C)Cc1cncc(-c2cc3c(-c4nc5ccc[c-]c5[nH]4)n[nH]c3cc2F)c1.[Re]. The molecule has 0 aliphatic carbocycles. The molecule has 0 aliphatic rings. The third kappa shape index (κ3) is 3.66. The molecule has 0 bridgehead atoms.